The van der Waals surface area contributed by atoms with Gasteiger partial charge in [0.05, 0.1) is 0 Å². The monoisotopic (exact) mass is 225 g/mol. The van der Waals surface area contributed by atoms with E-state index in [1.807, 2.05) is 4.90 Å². The molecule has 16 heavy (non-hydrogen) atoms. The van der Waals surface area contributed by atoms with Crippen LogP contribution in [-0.2, 0) is 9.59 Å². The first-order valence-electron chi connectivity index (χ1n) is 5.98. The number of nitrogens with zero attached hydrogens (tertiary/aromatic N) is 1. The minimum atomic E-state index is -0.383. The van der Waals surface area contributed by atoms with Gasteiger partial charge in [0.15, 0.2) is 0 Å². The van der Waals surface area contributed by atoms with Crippen LogP contribution in [0.15, 0.2) is 0 Å². The number of nitrogens with one attached hydrogen (secondary N) is 2. The SMILES string of the molecule is CC(NC(=O)C1CC1)C(=O)N1CCNCC1. The van der Waals surface area contributed by atoms with Gasteiger partial charge in [-0.2, -0.15) is 0 Å². The highest BCUT2D eigenvalue weighted by molar-refractivity contribution is 5.89. The van der Waals surface area contributed by atoms with Crippen LogP contribution in [0.25, 0.3) is 0 Å². The zero-order valence-corrected chi connectivity index (χ0v) is 9.66. The lowest BCUT2D eigenvalue weighted by molar-refractivity contribution is -0.136. The number of hydrogen-bond acceptors (Lipinski definition) is 3. The molecule has 0 bridgehead atoms. The minimum absolute atomic E-state index is 0.0375. The summed E-state index contributed by atoms with van der Waals surface area (Å²) in [4.78, 5) is 25.3. The Kier molecular flexibility index (Phi) is 3.43. The van der Waals surface area contributed by atoms with Gasteiger partial charge in [-0.25, -0.2) is 0 Å². The van der Waals surface area contributed by atoms with E-state index in [2.05, 4.69) is 10.6 Å². The van der Waals surface area contributed by atoms with Gasteiger partial charge in [0.2, 0.25) is 11.8 Å². The van der Waals surface area contributed by atoms with E-state index in [0.29, 0.717) is 0 Å². The summed E-state index contributed by atoms with van der Waals surface area (Å²) in [5.41, 5.74) is 0. The van der Waals surface area contributed by atoms with Crippen molar-refractivity contribution < 1.29 is 9.59 Å². The highest BCUT2D eigenvalue weighted by atomic mass is 16.2. The molecule has 1 saturated heterocycles. The third kappa shape index (κ3) is 2.72. The lowest BCUT2D eigenvalue weighted by Gasteiger charge is -2.30. The van der Waals surface area contributed by atoms with Gasteiger partial charge in [-0.05, 0) is 19.8 Å². The van der Waals surface area contributed by atoms with Crippen molar-refractivity contribution in [2.24, 2.45) is 5.92 Å². The molecule has 0 spiro atoms. The smallest absolute Gasteiger partial charge is 0.244 e. The molecule has 5 nitrogen and oxygen atoms in total. The van der Waals surface area contributed by atoms with Crippen LogP contribution < -0.4 is 10.6 Å². The minimum Gasteiger partial charge on any atom is -0.344 e. The van der Waals surface area contributed by atoms with Gasteiger partial charge in [0.1, 0.15) is 6.04 Å². The Bertz CT molecular complexity index is 283. The second kappa shape index (κ2) is 4.82. The van der Waals surface area contributed by atoms with Gasteiger partial charge >= 0.3 is 0 Å². The Morgan fingerprint density at radius 3 is 2.50 bits per heavy atom. The van der Waals surface area contributed by atoms with Crippen LogP contribution in [-0.4, -0.2) is 48.9 Å². The molecule has 0 aromatic carbocycles. The summed E-state index contributed by atoms with van der Waals surface area (Å²) in [5.74, 6) is 0.241. The molecule has 2 N–H and O–H groups in total. The second-order valence-electron chi connectivity index (χ2n) is 4.58. The van der Waals surface area contributed by atoms with Crippen LogP contribution in [0.3, 0.4) is 0 Å². The fraction of sp³-hybridized carbons (Fsp3) is 0.818. The van der Waals surface area contributed by atoms with Crippen molar-refractivity contribution in [2.45, 2.75) is 25.8 Å². The second-order valence-corrected chi connectivity index (χ2v) is 4.58. The summed E-state index contributed by atoms with van der Waals surface area (Å²) in [6, 6.07) is -0.383. The molecule has 2 aliphatic rings. The first kappa shape index (κ1) is 11.4. The van der Waals surface area contributed by atoms with E-state index in [0.717, 1.165) is 39.0 Å². The lowest BCUT2D eigenvalue weighted by atomic mass is 10.2. The largest absolute Gasteiger partial charge is 0.344 e. The maximum atomic E-state index is 12.0. The molecule has 1 aliphatic heterocycles. The zero-order valence-electron chi connectivity index (χ0n) is 9.66. The van der Waals surface area contributed by atoms with Crippen molar-refractivity contribution in [1.82, 2.24) is 15.5 Å². The number of carbonyl (C=O) groups is 2. The quantitative estimate of drug-likeness (QED) is 0.670. The molecule has 0 aromatic rings. The van der Waals surface area contributed by atoms with Gasteiger partial charge < -0.3 is 15.5 Å². The van der Waals surface area contributed by atoms with Crippen LogP contribution in [0.1, 0.15) is 19.8 Å². The molecule has 1 unspecified atom stereocenters. The summed E-state index contributed by atoms with van der Waals surface area (Å²) >= 11 is 0. The summed E-state index contributed by atoms with van der Waals surface area (Å²) in [5, 5.41) is 5.98. The van der Waals surface area contributed by atoms with E-state index in [4.69, 9.17) is 0 Å². The molecule has 1 atom stereocenters. The lowest BCUT2D eigenvalue weighted by Crippen LogP contribution is -2.53. The van der Waals surface area contributed by atoms with E-state index >= 15 is 0 Å². The topological polar surface area (TPSA) is 61.4 Å². The molecule has 5 heteroatoms. The average Bonchev–Trinajstić information content (AvgIpc) is 3.13. The highest BCUT2D eigenvalue weighted by Crippen LogP contribution is 2.28. The van der Waals surface area contributed by atoms with Crippen molar-refractivity contribution >= 4 is 11.8 Å². The Balaban J connectivity index is 1.80. The Morgan fingerprint density at radius 2 is 1.94 bits per heavy atom. The first-order valence-corrected chi connectivity index (χ1v) is 5.98. The van der Waals surface area contributed by atoms with Crippen LogP contribution >= 0.6 is 0 Å². The zero-order chi connectivity index (χ0) is 11.5. The number of rotatable bonds is 3. The number of piperazine rings is 1. The average molecular weight is 225 g/mol. The fourth-order valence-electron chi connectivity index (χ4n) is 1.90. The fourth-order valence-corrected chi connectivity index (χ4v) is 1.90. The third-order valence-corrected chi connectivity index (χ3v) is 3.11. The molecular formula is C11H19N3O2. The molecule has 90 valence electrons. The van der Waals surface area contributed by atoms with E-state index < -0.39 is 0 Å². The van der Waals surface area contributed by atoms with Crippen molar-refractivity contribution in [3.63, 3.8) is 0 Å². The van der Waals surface area contributed by atoms with Crippen LogP contribution in [0.5, 0.6) is 0 Å². The predicted octanol–water partition coefficient (Wildman–Crippen LogP) is -0.667. The maximum Gasteiger partial charge on any atom is 0.244 e. The summed E-state index contributed by atoms with van der Waals surface area (Å²) in [7, 11) is 0. The molecule has 1 aliphatic carbocycles. The van der Waals surface area contributed by atoms with Gasteiger partial charge in [-0.1, -0.05) is 0 Å². The Hall–Kier alpha value is -1.10. The number of hydrogen-bond donors (Lipinski definition) is 2. The molecular weight excluding hydrogens is 206 g/mol. The Labute approximate surface area is 95.6 Å². The first-order chi connectivity index (χ1) is 7.68. The molecule has 2 fully saturated rings. The van der Waals surface area contributed by atoms with Crippen LogP contribution in [0, 0.1) is 5.92 Å². The summed E-state index contributed by atoms with van der Waals surface area (Å²) in [6.45, 7) is 4.93. The number of carbonyl (C=O) groups excluding carboxylic acids is 2. The number of amides is 2. The molecule has 1 heterocycles. The van der Waals surface area contributed by atoms with Gasteiger partial charge in [0, 0.05) is 32.1 Å². The van der Waals surface area contributed by atoms with Crippen molar-refractivity contribution in [3.8, 4) is 0 Å². The predicted molar refractivity (Wildman–Crippen MR) is 59.8 cm³/mol. The van der Waals surface area contributed by atoms with E-state index in [9.17, 15) is 9.59 Å². The normalized spacial score (nSPS) is 22.7. The van der Waals surface area contributed by atoms with Crippen LogP contribution in [0.4, 0.5) is 0 Å². The van der Waals surface area contributed by atoms with Crippen molar-refractivity contribution in [2.75, 3.05) is 26.2 Å². The third-order valence-electron chi connectivity index (χ3n) is 3.11. The maximum absolute atomic E-state index is 12.0. The van der Waals surface area contributed by atoms with E-state index in [1.54, 1.807) is 6.92 Å². The Morgan fingerprint density at radius 1 is 1.31 bits per heavy atom. The van der Waals surface area contributed by atoms with E-state index in [-0.39, 0.29) is 23.8 Å². The van der Waals surface area contributed by atoms with Crippen molar-refractivity contribution in [3.05, 3.63) is 0 Å². The summed E-state index contributed by atoms with van der Waals surface area (Å²) < 4.78 is 0. The summed E-state index contributed by atoms with van der Waals surface area (Å²) in [6.07, 6.45) is 1.95. The van der Waals surface area contributed by atoms with Gasteiger partial charge in [-0.3, -0.25) is 9.59 Å². The van der Waals surface area contributed by atoms with Gasteiger partial charge in [0.25, 0.3) is 0 Å². The molecule has 0 aromatic heterocycles. The van der Waals surface area contributed by atoms with Gasteiger partial charge in [-0.15, -0.1) is 0 Å². The van der Waals surface area contributed by atoms with E-state index in [1.165, 1.54) is 0 Å². The molecule has 1 saturated carbocycles. The molecule has 0 radical (unpaired) electrons. The molecule has 2 rings (SSSR count). The van der Waals surface area contributed by atoms with Crippen LogP contribution in [0.2, 0.25) is 0 Å². The standard InChI is InChI=1S/C11H19N3O2/c1-8(13-10(15)9-2-3-9)11(16)14-6-4-12-5-7-14/h8-9,12H,2-7H2,1H3,(H,13,15). The molecule has 2 amide bonds. The van der Waals surface area contributed by atoms with Crippen molar-refractivity contribution in [1.29, 1.82) is 0 Å². The highest BCUT2D eigenvalue weighted by Gasteiger charge is 2.32.